The molecule has 0 heterocycles. The van der Waals surface area contributed by atoms with Crippen molar-refractivity contribution < 1.29 is 4.74 Å². The van der Waals surface area contributed by atoms with Crippen molar-refractivity contribution in [3.63, 3.8) is 0 Å². The van der Waals surface area contributed by atoms with Gasteiger partial charge in [-0.2, -0.15) is 10.2 Å². The Kier molecular flexibility index (Phi) is 11.2. The van der Waals surface area contributed by atoms with Crippen LogP contribution in [0.1, 0.15) is 87.8 Å². The summed E-state index contributed by atoms with van der Waals surface area (Å²) in [5.41, 5.74) is 5.24. The molecule has 3 nitrogen and oxygen atoms in total. The van der Waals surface area contributed by atoms with Crippen molar-refractivity contribution in [2.45, 2.75) is 91.9 Å². The maximum absolute atomic E-state index is 6.00. The third-order valence-corrected chi connectivity index (χ3v) is 5.53. The van der Waals surface area contributed by atoms with Crippen molar-refractivity contribution in [3.8, 4) is 5.75 Å². The number of rotatable bonds is 14. The Morgan fingerprint density at radius 2 is 1.20 bits per heavy atom. The zero-order valence-electron chi connectivity index (χ0n) is 19.5. The highest BCUT2D eigenvalue weighted by Gasteiger charge is 2.06. The highest BCUT2D eigenvalue weighted by atomic mass is 16.5. The first-order valence-electron chi connectivity index (χ1n) is 11.8. The fourth-order valence-corrected chi connectivity index (χ4v) is 3.66. The molecule has 0 atom stereocenters. The highest BCUT2D eigenvalue weighted by molar-refractivity contribution is 5.55. The largest absolute Gasteiger partial charge is 0.494 e. The van der Waals surface area contributed by atoms with Crippen molar-refractivity contribution >= 4 is 11.4 Å². The molecule has 0 fully saturated rings. The fraction of sp³-hybridized carbons (Fsp3) is 0.556. The normalized spacial score (nSPS) is 11.3. The van der Waals surface area contributed by atoms with E-state index in [0.717, 1.165) is 41.3 Å². The first kappa shape index (κ1) is 24.1. The first-order valence-corrected chi connectivity index (χ1v) is 11.8. The van der Waals surface area contributed by atoms with E-state index in [1.54, 1.807) is 0 Å². The van der Waals surface area contributed by atoms with E-state index in [1.807, 2.05) is 12.1 Å². The molecule has 0 radical (unpaired) electrons. The highest BCUT2D eigenvalue weighted by Crippen LogP contribution is 2.30. The second-order valence-corrected chi connectivity index (χ2v) is 8.47. The van der Waals surface area contributed by atoms with E-state index in [2.05, 4.69) is 62.2 Å². The quantitative estimate of drug-likeness (QED) is 0.226. The molecule has 0 spiro atoms. The number of unbranched alkanes of at least 4 members (excludes halogenated alkanes) is 9. The topological polar surface area (TPSA) is 34.0 Å². The van der Waals surface area contributed by atoms with Gasteiger partial charge in [-0.05, 0) is 62.6 Å². The third kappa shape index (κ3) is 9.11. The molecule has 0 saturated carbocycles. The van der Waals surface area contributed by atoms with E-state index in [0.29, 0.717) is 0 Å². The van der Waals surface area contributed by atoms with Crippen LogP contribution in [0.3, 0.4) is 0 Å². The van der Waals surface area contributed by atoms with Crippen LogP contribution in [0.15, 0.2) is 46.6 Å². The third-order valence-electron chi connectivity index (χ3n) is 5.53. The van der Waals surface area contributed by atoms with Gasteiger partial charge in [0.05, 0.1) is 18.0 Å². The lowest BCUT2D eigenvalue weighted by Gasteiger charge is -2.10. The Hall–Kier alpha value is -2.16. The lowest BCUT2D eigenvalue weighted by Crippen LogP contribution is -1.98. The predicted octanol–water partition coefficient (Wildman–Crippen LogP) is 9.33. The van der Waals surface area contributed by atoms with Gasteiger partial charge < -0.3 is 4.74 Å². The van der Waals surface area contributed by atoms with Gasteiger partial charge >= 0.3 is 0 Å². The summed E-state index contributed by atoms with van der Waals surface area (Å²) in [6, 6.07) is 12.2. The molecule has 0 aliphatic carbocycles. The molecule has 0 amide bonds. The minimum absolute atomic E-state index is 0.791. The minimum Gasteiger partial charge on any atom is -0.494 e. The van der Waals surface area contributed by atoms with Crippen LogP contribution in [-0.4, -0.2) is 6.61 Å². The van der Waals surface area contributed by atoms with E-state index < -0.39 is 0 Å². The second-order valence-electron chi connectivity index (χ2n) is 8.47. The van der Waals surface area contributed by atoms with Crippen LogP contribution in [-0.2, 0) is 0 Å². The van der Waals surface area contributed by atoms with E-state index in [9.17, 15) is 0 Å². The van der Waals surface area contributed by atoms with Gasteiger partial charge in [-0.1, -0.05) is 82.4 Å². The van der Waals surface area contributed by atoms with Gasteiger partial charge in [0.1, 0.15) is 5.75 Å². The van der Waals surface area contributed by atoms with Gasteiger partial charge in [-0.15, -0.1) is 0 Å². The Labute approximate surface area is 184 Å². The zero-order valence-corrected chi connectivity index (χ0v) is 19.5. The molecule has 2 aromatic rings. The molecule has 2 aromatic carbocycles. The lowest BCUT2D eigenvalue weighted by molar-refractivity contribution is 0.304. The van der Waals surface area contributed by atoms with Crippen LogP contribution in [0.25, 0.3) is 0 Å². The van der Waals surface area contributed by atoms with E-state index in [-0.39, 0.29) is 0 Å². The van der Waals surface area contributed by atoms with Crippen LogP contribution in [0.5, 0.6) is 5.75 Å². The summed E-state index contributed by atoms with van der Waals surface area (Å²) in [5, 5.41) is 8.86. The summed E-state index contributed by atoms with van der Waals surface area (Å²) in [6.45, 7) is 9.29. The van der Waals surface area contributed by atoms with Gasteiger partial charge in [-0.25, -0.2) is 0 Å². The van der Waals surface area contributed by atoms with Gasteiger partial charge in [0.2, 0.25) is 0 Å². The molecule has 3 heteroatoms. The number of hydrogen-bond acceptors (Lipinski definition) is 3. The Bertz CT molecular complexity index is 742. The average Bonchev–Trinajstić information content (AvgIpc) is 2.72. The maximum Gasteiger partial charge on any atom is 0.119 e. The molecule has 0 saturated heterocycles. The first-order chi connectivity index (χ1) is 14.6. The van der Waals surface area contributed by atoms with Crippen LogP contribution in [0.2, 0.25) is 0 Å². The molecule has 0 aliphatic rings. The molecule has 0 unspecified atom stereocenters. The molecular weight excluding hydrogens is 368 g/mol. The molecule has 0 bridgehead atoms. The van der Waals surface area contributed by atoms with Crippen molar-refractivity contribution in [2.24, 2.45) is 10.2 Å². The predicted molar refractivity (Wildman–Crippen MR) is 129 cm³/mol. The number of nitrogens with zero attached hydrogens (tertiary/aromatic N) is 2. The molecule has 0 aromatic heterocycles. The van der Waals surface area contributed by atoms with Crippen LogP contribution >= 0.6 is 0 Å². The number of ether oxygens (including phenoxy) is 1. The summed E-state index contributed by atoms with van der Waals surface area (Å²) < 4.78 is 6.00. The van der Waals surface area contributed by atoms with Gasteiger partial charge in [0.25, 0.3) is 0 Å². The number of benzene rings is 2. The summed E-state index contributed by atoms with van der Waals surface area (Å²) in [7, 11) is 0. The Morgan fingerprint density at radius 1 is 0.667 bits per heavy atom. The lowest BCUT2D eigenvalue weighted by atomic mass is 10.1. The number of azo groups is 1. The van der Waals surface area contributed by atoms with Crippen molar-refractivity contribution in [3.05, 3.63) is 53.1 Å². The van der Waals surface area contributed by atoms with Crippen LogP contribution in [0, 0.1) is 20.8 Å². The zero-order chi connectivity index (χ0) is 21.6. The summed E-state index contributed by atoms with van der Waals surface area (Å²) in [5.74, 6) is 0.940. The molecule has 0 aliphatic heterocycles. The molecule has 164 valence electrons. The monoisotopic (exact) mass is 408 g/mol. The second kappa shape index (κ2) is 14.0. The molecule has 0 N–H and O–H groups in total. The summed E-state index contributed by atoms with van der Waals surface area (Å²) >= 11 is 0. The van der Waals surface area contributed by atoms with Gasteiger partial charge in [0, 0.05) is 0 Å². The summed E-state index contributed by atoms with van der Waals surface area (Å²) in [6.07, 6.45) is 13.4. The van der Waals surface area contributed by atoms with Gasteiger partial charge in [-0.3, -0.25) is 0 Å². The van der Waals surface area contributed by atoms with Crippen LogP contribution < -0.4 is 4.74 Å². The van der Waals surface area contributed by atoms with Crippen LogP contribution in [0.4, 0.5) is 11.4 Å². The molecule has 30 heavy (non-hydrogen) atoms. The van der Waals surface area contributed by atoms with E-state index in [1.165, 1.54) is 63.4 Å². The number of hydrogen-bond donors (Lipinski definition) is 0. The molecular formula is C27H40N2O. The molecule has 2 rings (SSSR count). The van der Waals surface area contributed by atoms with Gasteiger partial charge in [0.15, 0.2) is 0 Å². The minimum atomic E-state index is 0.791. The van der Waals surface area contributed by atoms with Crippen molar-refractivity contribution in [2.75, 3.05) is 6.61 Å². The standard InChI is InChI=1S/C27H40N2O/c1-5-6-7-8-9-10-11-12-13-14-19-30-26-20-23(3)27(24(4)21-26)29-28-25-17-15-22(2)16-18-25/h15-18,20-21H,5-14,19H2,1-4H3/b29-28+. The smallest absolute Gasteiger partial charge is 0.119 e. The average molecular weight is 409 g/mol. The Balaban J connectivity index is 1.69. The fourth-order valence-electron chi connectivity index (χ4n) is 3.66. The maximum atomic E-state index is 6.00. The van der Waals surface area contributed by atoms with Crippen molar-refractivity contribution in [1.29, 1.82) is 0 Å². The van der Waals surface area contributed by atoms with E-state index >= 15 is 0 Å². The summed E-state index contributed by atoms with van der Waals surface area (Å²) in [4.78, 5) is 0. The SMILES string of the molecule is CCCCCCCCCCCCOc1cc(C)c(/N=N/c2ccc(C)cc2)c(C)c1. The van der Waals surface area contributed by atoms with E-state index in [4.69, 9.17) is 4.74 Å². The number of aryl methyl sites for hydroxylation is 3. The van der Waals surface area contributed by atoms with Crippen molar-refractivity contribution in [1.82, 2.24) is 0 Å². The Morgan fingerprint density at radius 3 is 1.77 bits per heavy atom.